The molecule has 0 spiro atoms. The van der Waals surface area contributed by atoms with Crippen molar-refractivity contribution in [2.24, 2.45) is 0 Å². The lowest BCUT2D eigenvalue weighted by Gasteiger charge is -2.23. The van der Waals surface area contributed by atoms with Gasteiger partial charge in [0.15, 0.2) is 0 Å². The molecule has 25 heavy (non-hydrogen) atoms. The number of anilines is 1. The van der Waals surface area contributed by atoms with Crippen molar-refractivity contribution >= 4 is 33.0 Å². The summed E-state index contributed by atoms with van der Waals surface area (Å²) in [5.74, 6) is -0.213. The first kappa shape index (κ1) is 17.2. The number of fused-ring (bicyclic) bond motifs is 1. The predicted molar refractivity (Wildman–Crippen MR) is 101 cm³/mol. The Bertz CT molecular complexity index is 904. The maximum atomic E-state index is 12.3. The fraction of sp³-hybridized carbons (Fsp3) is 0.278. The van der Waals surface area contributed by atoms with Gasteiger partial charge in [-0.15, -0.1) is 11.3 Å². The molecule has 1 amide bonds. The smallest absolute Gasteiger partial charge is 0.285 e. The number of likely N-dealkylation sites (N-methyl/N-ethyl adjacent to an activating group) is 1. The molecule has 3 aromatic rings. The number of hydrogen-bond acceptors (Lipinski definition) is 5. The molecule has 0 unspecified atom stereocenters. The van der Waals surface area contributed by atoms with Crippen molar-refractivity contribution in [2.75, 3.05) is 24.5 Å². The van der Waals surface area contributed by atoms with Crippen molar-refractivity contribution in [3.05, 3.63) is 58.3 Å². The highest BCUT2D eigenvalue weighted by Gasteiger charge is 2.10. The molecule has 130 valence electrons. The molecular weight excluding hydrogens is 336 g/mol. The number of nitrogens with zero attached hydrogens (tertiary/aromatic N) is 3. The number of nitrogens with one attached hydrogen (secondary N) is 1. The van der Waals surface area contributed by atoms with Crippen molar-refractivity contribution in [2.45, 2.75) is 13.5 Å². The standard InChI is InChI=1S/C18H20N4O2S/c1-2-21(15-6-4-3-5-7-15)10-9-19-16(23)13-22-18(24)17-14(12-20-22)8-11-25-17/h3-8,11-12H,2,9-10,13H2,1H3,(H,19,23). The summed E-state index contributed by atoms with van der Waals surface area (Å²) in [6, 6.07) is 11.9. The monoisotopic (exact) mass is 356 g/mol. The van der Waals surface area contributed by atoms with E-state index in [1.807, 2.05) is 41.8 Å². The van der Waals surface area contributed by atoms with Crippen LogP contribution in [0.4, 0.5) is 5.69 Å². The molecule has 0 bridgehead atoms. The van der Waals surface area contributed by atoms with Crippen LogP contribution in [0.25, 0.3) is 10.1 Å². The molecule has 7 heteroatoms. The molecular formula is C18H20N4O2S. The van der Waals surface area contributed by atoms with Crippen molar-refractivity contribution in [1.82, 2.24) is 15.1 Å². The molecule has 2 aromatic heterocycles. The van der Waals surface area contributed by atoms with Crippen molar-refractivity contribution in [3.63, 3.8) is 0 Å². The maximum absolute atomic E-state index is 12.3. The van der Waals surface area contributed by atoms with Crippen LogP contribution in [0.3, 0.4) is 0 Å². The Morgan fingerprint density at radius 3 is 2.84 bits per heavy atom. The molecule has 0 aliphatic carbocycles. The van der Waals surface area contributed by atoms with E-state index in [0.29, 0.717) is 17.8 Å². The second-order valence-electron chi connectivity index (χ2n) is 5.58. The van der Waals surface area contributed by atoms with Crippen molar-refractivity contribution in [3.8, 4) is 0 Å². The number of aromatic nitrogens is 2. The fourth-order valence-electron chi connectivity index (χ4n) is 2.64. The number of carbonyl (C=O) groups excluding carboxylic acids is 1. The summed E-state index contributed by atoms with van der Waals surface area (Å²) in [5.41, 5.74) is 0.905. The topological polar surface area (TPSA) is 67.2 Å². The number of rotatable bonds is 7. The molecule has 0 atom stereocenters. The lowest BCUT2D eigenvalue weighted by Crippen LogP contribution is -2.38. The van der Waals surface area contributed by atoms with Gasteiger partial charge in [0.25, 0.3) is 5.56 Å². The van der Waals surface area contributed by atoms with E-state index in [9.17, 15) is 9.59 Å². The molecule has 0 aliphatic heterocycles. The molecule has 1 aromatic carbocycles. The molecule has 2 heterocycles. The van der Waals surface area contributed by atoms with Crippen LogP contribution in [-0.4, -0.2) is 35.3 Å². The number of carbonyl (C=O) groups is 1. The third-order valence-corrected chi connectivity index (χ3v) is 4.88. The highest BCUT2D eigenvalue weighted by atomic mass is 32.1. The van der Waals surface area contributed by atoms with Crippen LogP contribution in [0.1, 0.15) is 6.92 Å². The minimum Gasteiger partial charge on any atom is -0.370 e. The quantitative estimate of drug-likeness (QED) is 0.704. The van der Waals surface area contributed by atoms with Crippen molar-refractivity contribution < 1.29 is 4.79 Å². The van der Waals surface area contributed by atoms with E-state index < -0.39 is 0 Å². The Morgan fingerprint density at radius 1 is 1.28 bits per heavy atom. The van der Waals surface area contributed by atoms with Gasteiger partial charge in [-0.1, -0.05) is 18.2 Å². The predicted octanol–water partition coefficient (Wildman–Crippen LogP) is 2.10. The fourth-order valence-corrected chi connectivity index (χ4v) is 3.45. The zero-order valence-corrected chi connectivity index (χ0v) is 14.8. The molecule has 6 nitrogen and oxygen atoms in total. The van der Waals surface area contributed by atoms with E-state index in [0.717, 1.165) is 17.6 Å². The molecule has 0 saturated carbocycles. The minimum absolute atomic E-state index is 0.0653. The first-order valence-electron chi connectivity index (χ1n) is 8.19. The van der Waals surface area contributed by atoms with E-state index in [2.05, 4.69) is 22.2 Å². The first-order chi connectivity index (χ1) is 12.2. The second kappa shape index (κ2) is 7.94. The Morgan fingerprint density at radius 2 is 2.08 bits per heavy atom. The molecule has 1 N–H and O–H groups in total. The van der Waals surface area contributed by atoms with Gasteiger partial charge < -0.3 is 10.2 Å². The number of thiophene rings is 1. The molecule has 0 aliphatic rings. The third-order valence-electron chi connectivity index (χ3n) is 3.96. The summed E-state index contributed by atoms with van der Waals surface area (Å²) in [4.78, 5) is 26.6. The summed E-state index contributed by atoms with van der Waals surface area (Å²) in [6.45, 7) is 4.09. The first-order valence-corrected chi connectivity index (χ1v) is 9.07. The lowest BCUT2D eigenvalue weighted by atomic mass is 10.3. The maximum Gasteiger partial charge on any atom is 0.285 e. The van der Waals surface area contributed by atoms with Crippen LogP contribution in [0.15, 0.2) is 52.8 Å². The van der Waals surface area contributed by atoms with Crippen LogP contribution >= 0.6 is 11.3 Å². The third kappa shape index (κ3) is 4.06. The molecule has 0 radical (unpaired) electrons. The van der Waals surface area contributed by atoms with E-state index in [-0.39, 0.29) is 18.0 Å². The summed E-state index contributed by atoms with van der Waals surface area (Å²) in [5, 5.41) is 9.58. The van der Waals surface area contributed by atoms with Gasteiger partial charge in [0.2, 0.25) is 5.91 Å². The second-order valence-corrected chi connectivity index (χ2v) is 6.49. The summed E-state index contributed by atoms with van der Waals surface area (Å²) < 4.78 is 1.84. The zero-order chi connectivity index (χ0) is 17.6. The summed E-state index contributed by atoms with van der Waals surface area (Å²) in [7, 11) is 0. The Labute approximate surface area is 149 Å². The number of benzene rings is 1. The van der Waals surface area contributed by atoms with Gasteiger partial charge in [0.05, 0.1) is 6.20 Å². The Balaban J connectivity index is 1.55. The van der Waals surface area contributed by atoms with E-state index in [1.165, 1.54) is 16.0 Å². The summed E-state index contributed by atoms with van der Waals surface area (Å²) in [6.07, 6.45) is 1.62. The van der Waals surface area contributed by atoms with Gasteiger partial charge in [0, 0.05) is 30.7 Å². The van der Waals surface area contributed by atoms with E-state index in [4.69, 9.17) is 0 Å². The van der Waals surface area contributed by atoms with Gasteiger partial charge in [-0.05, 0) is 30.5 Å². The van der Waals surface area contributed by atoms with Crippen LogP contribution < -0.4 is 15.8 Å². The molecule has 0 fully saturated rings. The highest BCUT2D eigenvalue weighted by Crippen LogP contribution is 2.14. The van der Waals surface area contributed by atoms with Gasteiger partial charge in [0.1, 0.15) is 11.2 Å². The normalized spacial score (nSPS) is 10.8. The minimum atomic E-state index is -0.220. The van der Waals surface area contributed by atoms with Crippen molar-refractivity contribution in [1.29, 1.82) is 0 Å². The van der Waals surface area contributed by atoms with Crippen LogP contribution in [0.2, 0.25) is 0 Å². The lowest BCUT2D eigenvalue weighted by molar-refractivity contribution is -0.121. The highest BCUT2D eigenvalue weighted by molar-refractivity contribution is 7.17. The van der Waals surface area contributed by atoms with E-state index >= 15 is 0 Å². The number of hydrogen-bond donors (Lipinski definition) is 1. The molecule has 0 saturated heterocycles. The molecule has 3 rings (SSSR count). The van der Waals surface area contributed by atoms with Gasteiger partial charge in [-0.2, -0.15) is 5.10 Å². The SMILES string of the molecule is CCN(CCNC(=O)Cn1ncc2ccsc2c1=O)c1ccccc1. The average molecular weight is 356 g/mol. The van der Waals surface area contributed by atoms with Crippen LogP contribution in [0.5, 0.6) is 0 Å². The average Bonchev–Trinajstić information content (AvgIpc) is 3.11. The van der Waals surface area contributed by atoms with Gasteiger partial charge in [-0.3, -0.25) is 9.59 Å². The van der Waals surface area contributed by atoms with Gasteiger partial charge in [-0.25, -0.2) is 4.68 Å². The number of amides is 1. The van der Waals surface area contributed by atoms with Crippen LogP contribution in [-0.2, 0) is 11.3 Å². The Hall–Kier alpha value is -2.67. The van der Waals surface area contributed by atoms with E-state index in [1.54, 1.807) is 6.20 Å². The van der Waals surface area contributed by atoms with Crippen LogP contribution in [0, 0.1) is 0 Å². The Kier molecular flexibility index (Phi) is 5.45. The largest absolute Gasteiger partial charge is 0.370 e. The number of para-hydroxylation sites is 1. The zero-order valence-electron chi connectivity index (χ0n) is 14.0. The summed E-state index contributed by atoms with van der Waals surface area (Å²) >= 11 is 1.37. The van der Waals surface area contributed by atoms with Gasteiger partial charge >= 0.3 is 0 Å².